The standard InChI is InChI=1S/C18H20IO3.C17H18IO3.C16H18IO.C14H11F3I.2C14H12IO2.C13H9F3I.C12H6Cl4I/c1-18(2,3)22-17(20)13-21-16-11-9-15(10-12-16)19-14-7-5-4-6-8-14;1-17(2,3)21-16(19)20-15-11-9-14(10-12-15)18-13-7-5-4-6-8-13;1-16(2,3)18-15-11-9-14(10-12-15)17-13-7-5-4-6-8-13;1-10-2-6-12(7-3-10)18-13-8-4-11(5-9-13)14(15,16)17;1-17-14(16)11-6-5-9-13(10-11)15-12-7-3-2-4-8-12;1-17-14(16)11-7-9-13(10-8-11)15-12-5-3-2-4-6-12;14-13(15,16)10-6-8-12(9-7-10)17-11-4-2-1-3-5-11;13-7-1-3-11(9(15)5-7)17-12-4-2-8(14)6-10(12)16/h4-12H,13H2,1-3H3;4-12H,1-3H3;4-12H,1-3H3;2-9H,1H3;2*2-10H,1H3;1-9H;1-6H/q8*+1. The van der Waals surface area contributed by atoms with Gasteiger partial charge in [0, 0.05) is 16.1 Å². The molecular formula is C118H106Cl4F6I8O11+8. The summed E-state index contributed by atoms with van der Waals surface area (Å²) in [6.45, 7) is 19.1. The first-order valence-electron chi connectivity index (χ1n) is 44.9. The average Bonchev–Trinajstić information content (AvgIpc) is 0.851. The van der Waals surface area contributed by atoms with Crippen molar-refractivity contribution in [2.24, 2.45) is 0 Å². The molecule has 29 heteroatoms. The number of hydrogen-bond acceptors (Lipinski definition) is 11. The van der Waals surface area contributed by atoms with Gasteiger partial charge in [-0.3, -0.25) is 0 Å². The first-order valence-corrected chi connectivity index (χ1v) is 63.7. The molecule has 762 valence electrons. The van der Waals surface area contributed by atoms with Crippen LogP contribution in [-0.2, 0) is 36.1 Å². The smallest absolute Gasteiger partial charge is 0.488 e. The van der Waals surface area contributed by atoms with Crippen molar-refractivity contribution in [1.82, 2.24) is 0 Å². The minimum absolute atomic E-state index is 0.0651. The van der Waals surface area contributed by atoms with Crippen molar-refractivity contribution in [3.8, 4) is 17.2 Å². The minimum atomic E-state index is -4.25. The monoisotopic (exact) mass is 2970 g/mol. The molecule has 0 aliphatic rings. The predicted molar refractivity (Wildman–Crippen MR) is 538 cm³/mol. The van der Waals surface area contributed by atoms with Gasteiger partial charge in [-0.2, -0.15) is 26.3 Å². The number of carbonyl (C=O) groups is 4. The molecular weight excluding hydrogens is 2860 g/mol. The van der Waals surface area contributed by atoms with E-state index in [-0.39, 0.29) is 157 Å². The Balaban J connectivity index is 0.000000187. The highest BCUT2D eigenvalue weighted by atomic mass is 127. The van der Waals surface area contributed by atoms with Crippen LogP contribution in [0.5, 0.6) is 17.2 Å². The molecule has 0 fully saturated rings. The third-order valence-electron chi connectivity index (χ3n) is 18.0. The molecule has 16 rings (SSSR count). The van der Waals surface area contributed by atoms with Gasteiger partial charge in [0.25, 0.3) is 0 Å². The Bertz CT molecular complexity index is 6630. The summed E-state index contributed by atoms with van der Waals surface area (Å²) in [5.41, 5.74) is 0.0950. The quantitative estimate of drug-likeness (QED) is 0.0180. The summed E-state index contributed by atoms with van der Waals surface area (Å²) in [7, 11) is 2.80. The fourth-order valence-corrected chi connectivity index (χ4v) is 30.5. The zero-order valence-electron chi connectivity index (χ0n) is 81.8. The van der Waals surface area contributed by atoms with Crippen LogP contribution in [0.4, 0.5) is 31.1 Å². The van der Waals surface area contributed by atoms with Crippen LogP contribution in [0.3, 0.4) is 0 Å². The molecule has 0 atom stereocenters. The van der Waals surface area contributed by atoms with Crippen LogP contribution in [0.1, 0.15) is 99.7 Å². The molecule has 0 spiro atoms. The third-order valence-corrected chi connectivity index (χ3v) is 41.5. The Morgan fingerprint density at radius 1 is 0.272 bits per heavy atom. The van der Waals surface area contributed by atoms with Crippen LogP contribution < -0.4 is 184 Å². The Morgan fingerprint density at radius 3 is 0.857 bits per heavy atom. The maximum absolute atomic E-state index is 12.4. The summed E-state index contributed by atoms with van der Waals surface area (Å²) in [4.78, 5) is 45.8. The Hall–Kier alpha value is -8.62. The number of ether oxygens (including phenoxy) is 7. The van der Waals surface area contributed by atoms with Gasteiger partial charge >= 0.3 is 206 Å². The molecule has 0 aromatic heterocycles. The van der Waals surface area contributed by atoms with Crippen LogP contribution >= 0.6 is 46.4 Å². The van der Waals surface area contributed by atoms with Crippen LogP contribution in [0.15, 0.2) is 413 Å². The summed E-state index contributed by atoms with van der Waals surface area (Å²) in [6.07, 6.45) is -9.17. The summed E-state index contributed by atoms with van der Waals surface area (Å²) in [5, 5.41) is 2.67. The van der Waals surface area contributed by atoms with E-state index in [0.717, 1.165) is 44.3 Å². The van der Waals surface area contributed by atoms with Gasteiger partial charge in [0.15, 0.2) is 56.6 Å². The van der Waals surface area contributed by atoms with Crippen molar-refractivity contribution in [2.75, 3.05) is 20.8 Å². The number of esters is 3. The lowest BCUT2D eigenvalue weighted by Crippen LogP contribution is -3.61. The van der Waals surface area contributed by atoms with E-state index in [0.29, 0.717) is 42.7 Å². The molecule has 0 aliphatic heterocycles. The van der Waals surface area contributed by atoms with Crippen molar-refractivity contribution in [3.63, 3.8) is 0 Å². The van der Waals surface area contributed by atoms with Gasteiger partial charge in [-0.15, -0.1) is 0 Å². The topological polar surface area (TPSA) is 133 Å². The highest BCUT2D eigenvalue weighted by Crippen LogP contribution is 2.30. The van der Waals surface area contributed by atoms with Crippen molar-refractivity contribution in [3.05, 3.63) is 518 Å². The van der Waals surface area contributed by atoms with E-state index in [1.165, 1.54) is 62.6 Å². The highest BCUT2D eigenvalue weighted by Gasteiger charge is 2.34. The van der Waals surface area contributed by atoms with Crippen molar-refractivity contribution < 1.29 is 248 Å². The zero-order chi connectivity index (χ0) is 106. The van der Waals surface area contributed by atoms with Gasteiger partial charge in [-0.25, -0.2) is 19.2 Å². The Morgan fingerprint density at radius 2 is 0.551 bits per heavy atom. The summed E-state index contributed by atoms with van der Waals surface area (Å²) in [6, 6.07) is 132. The van der Waals surface area contributed by atoms with E-state index in [2.05, 4.69) is 183 Å². The van der Waals surface area contributed by atoms with Crippen LogP contribution in [0.2, 0.25) is 20.1 Å². The van der Waals surface area contributed by atoms with Crippen LogP contribution in [-0.4, -0.2) is 61.7 Å². The molecule has 0 bridgehead atoms. The van der Waals surface area contributed by atoms with Gasteiger partial charge in [0.1, 0.15) is 34.1 Å². The number of methoxy groups -OCH3 is 2. The second kappa shape index (κ2) is 63.0. The number of alkyl halides is 6. The molecule has 0 unspecified atom stereocenters. The van der Waals surface area contributed by atoms with E-state index >= 15 is 0 Å². The van der Waals surface area contributed by atoms with Crippen LogP contribution in [0.25, 0.3) is 0 Å². The molecule has 0 aliphatic carbocycles. The maximum atomic E-state index is 12.4. The summed E-state index contributed by atoms with van der Waals surface area (Å²) < 4.78 is 130. The van der Waals surface area contributed by atoms with E-state index in [1.807, 2.05) is 237 Å². The number of hydrogen-bond donors (Lipinski definition) is 0. The molecule has 11 nitrogen and oxygen atoms in total. The summed E-state index contributed by atoms with van der Waals surface area (Å²) >= 11 is 21.9. The van der Waals surface area contributed by atoms with Crippen molar-refractivity contribution in [2.45, 2.75) is 98.4 Å². The predicted octanol–water partition coefficient (Wildman–Crippen LogP) is 6.26. The number of carbonyl (C=O) groups excluding carboxylic acids is 4. The Kier molecular flexibility index (Phi) is 52.2. The lowest BCUT2D eigenvalue weighted by atomic mass is 10.2. The van der Waals surface area contributed by atoms with E-state index < -0.39 is 83.2 Å². The fourth-order valence-electron chi connectivity index (χ4n) is 11.5. The minimum Gasteiger partial charge on any atom is -0.488 e. The SMILES string of the molecule is CC(C)(C)OC(=O)COc1ccc([I+]c2ccccc2)cc1.CC(C)(C)OC(=O)Oc1ccc([I+]c2ccccc2)cc1.CC(C)(C)Oc1ccc([I+]c2ccccc2)cc1.COC(=O)c1ccc([I+]c2ccccc2)cc1.COC(=O)c1cccc([I+]c2ccccc2)c1.Cc1ccc([I+]c2ccc(C(F)(F)F)cc2)cc1.Clc1ccc([I+]c2ccc(Cl)cc2Cl)c(Cl)c1.FC(F)(F)c1ccc([I+]c2ccccc2)cc1. The Labute approximate surface area is 960 Å². The zero-order valence-corrected chi connectivity index (χ0v) is 102. The van der Waals surface area contributed by atoms with Crippen LogP contribution in [0, 0.1) is 64.0 Å². The number of rotatable bonds is 23. The molecule has 0 heterocycles. The maximum Gasteiger partial charge on any atom is 0.514 e. The van der Waals surface area contributed by atoms with E-state index in [4.69, 9.17) is 74.8 Å². The lowest BCUT2D eigenvalue weighted by Gasteiger charge is -2.20. The number of benzene rings is 16. The van der Waals surface area contributed by atoms with Gasteiger partial charge in [0.05, 0.1) is 46.5 Å². The molecule has 16 aromatic rings. The molecule has 0 radical (unpaired) electrons. The van der Waals surface area contributed by atoms with Gasteiger partial charge < -0.3 is 33.2 Å². The third kappa shape index (κ3) is 49.6. The molecule has 0 saturated carbocycles. The normalized spacial score (nSPS) is 10.9. The van der Waals surface area contributed by atoms with E-state index in [1.54, 1.807) is 42.5 Å². The van der Waals surface area contributed by atoms with Gasteiger partial charge in [-0.05, 0) is 348 Å². The number of halogens is 18. The molecule has 0 saturated heterocycles. The van der Waals surface area contributed by atoms with Gasteiger partial charge in [0.2, 0.25) is 7.14 Å². The molecule has 0 N–H and O–H groups in total. The first kappa shape index (κ1) is 122. The van der Waals surface area contributed by atoms with Crippen molar-refractivity contribution in [1.29, 1.82) is 0 Å². The first-order chi connectivity index (χ1) is 70.0. The second-order valence-electron chi connectivity index (χ2n) is 33.5. The molecule has 147 heavy (non-hydrogen) atoms. The average molecular weight is 2970 g/mol. The lowest BCUT2D eigenvalue weighted by molar-refractivity contribution is -0.597. The fraction of sp³-hybridized carbons (Fsp3) is 0.153. The second-order valence-corrected chi connectivity index (χ2v) is 59.2. The van der Waals surface area contributed by atoms with E-state index in [9.17, 15) is 45.5 Å². The largest absolute Gasteiger partial charge is 0.514 e. The van der Waals surface area contributed by atoms with Gasteiger partial charge in [-0.1, -0.05) is 179 Å². The molecule has 0 amide bonds. The van der Waals surface area contributed by atoms with Crippen molar-refractivity contribution >= 4 is 70.5 Å². The number of aryl methyl sites for hydroxylation is 1. The molecule has 16 aromatic carbocycles. The summed E-state index contributed by atoms with van der Waals surface area (Å²) in [5.74, 6) is 1.23. The highest BCUT2D eigenvalue weighted by molar-refractivity contribution is 6.35.